The third-order valence-electron chi connectivity index (χ3n) is 6.47. The Morgan fingerprint density at radius 2 is 1.88 bits per heavy atom. The van der Waals surface area contributed by atoms with Crippen molar-refractivity contribution in [3.8, 4) is 11.5 Å². The van der Waals surface area contributed by atoms with Gasteiger partial charge in [-0.15, -0.1) is 0 Å². The van der Waals surface area contributed by atoms with E-state index in [0.717, 1.165) is 39.1 Å². The Hall–Kier alpha value is -4.07. The van der Waals surface area contributed by atoms with Crippen LogP contribution in [0.3, 0.4) is 0 Å². The number of piperidine rings is 1. The van der Waals surface area contributed by atoms with Crippen molar-refractivity contribution in [2.24, 2.45) is 0 Å². The van der Waals surface area contributed by atoms with Crippen LogP contribution in [0, 0.1) is 0 Å². The second kappa shape index (κ2) is 8.70. The molecule has 2 heterocycles. The minimum Gasteiger partial charge on any atom is -0.497 e. The van der Waals surface area contributed by atoms with E-state index in [-0.39, 0.29) is 18.2 Å². The second-order valence-electron chi connectivity index (χ2n) is 8.47. The average Bonchev–Trinajstić information content (AvgIpc) is 3.17. The van der Waals surface area contributed by atoms with Crippen LogP contribution in [0.15, 0.2) is 48.5 Å². The summed E-state index contributed by atoms with van der Waals surface area (Å²) in [6.07, 6.45) is 0.590. The second-order valence-corrected chi connectivity index (χ2v) is 8.47. The fourth-order valence-corrected chi connectivity index (χ4v) is 4.71. The fourth-order valence-electron chi connectivity index (χ4n) is 4.71. The van der Waals surface area contributed by atoms with Crippen LogP contribution in [0.2, 0.25) is 0 Å². The van der Waals surface area contributed by atoms with Gasteiger partial charge in [0.2, 0.25) is 11.8 Å². The number of carbonyl (C=O) groups is 3. The topological polar surface area (TPSA) is 97.0 Å². The molecule has 1 saturated heterocycles. The van der Waals surface area contributed by atoms with E-state index < -0.39 is 11.9 Å². The van der Waals surface area contributed by atoms with Crippen LogP contribution in [0.5, 0.6) is 11.5 Å². The first-order chi connectivity index (χ1) is 16.5. The van der Waals surface area contributed by atoms with Crippen molar-refractivity contribution in [3.63, 3.8) is 0 Å². The van der Waals surface area contributed by atoms with Crippen LogP contribution >= 0.6 is 0 Å². The molecule has 2 N–H and O–H groups in total. The third kappa shape index (κ3) is 3.81. The lowest BCUT2D eigenvalue weighted by Gasteiger charge is -2.29. The molecule has 5 rings (SSSR count). The smallest absolute Gasteiger partial charge is 0.255 e. The minimum absolute atomic E-state index is 0.178. The van der Waals surface area contributed by atoms with E-state index in [1.165, 1.54) is 0 Å². The Morgan fingerprint density at radius 3 is 2.65 bits per heavy atom. The monoisotopic (exact) mass is 459 g/mol. The molecule has 0 aromatic heterocycles. The maximum atomic E-state index is 12.9. The molecule has 3 aromatic rings. The Kier molecular flexibility index (Phi) is 5.57. The van der Waals surface area contributed by atoms with Gasteiger partial charge in [-0.1, -0.05) is 12.1 Å². The molecular weight excluding hydrogens is 434 g/mol. The van der Waals surface area contributed by atoms with E-state index in [9.17, 15) is 14.4 Å². The largest absolute Gasteiger partial charge is 0.497 e. The molecular formula is C26H25N3O5. The van der Waals surface area contributed by atoms with Gasteiger partial charge in [0.1, 0.15) is 17.5 Å². The maximum Gasteiger partial charge on any atom is 0.255 e. The first kappa shape index (κ1) is 21.8. The van der Waals surface area contributed by atoms with Crippen LogP contribution in [-0.2, 0) is 22.7 Å². The van der Waals surface area contributed by atoms with Crippen molar-refractivity contribution in [3.05, 3.63) is 65.2 Å². The van der Waals surface area contributed by atoms with Crippen molar-refractivity contribution >= 4 is 34.2 Å². The molecule has 34 heavy (non-hydrogen) atoms. The van der Waals surface area contributed by atoms with E-state index in [1.807, 2.05) is 42.5 Å². The lowest BCUT2D eigenvalue weighted by atomic mass is 10.0. The molecule has 1 atom stereocenters. The molecule has 174 valence electrons. The zero-order chi connectivity index (χ0) is 23.8. The minimum atomic E-state index is -0.616. The molecule has 0 saturated carbocycles. The van der Waals surface area contributed by atoms with E-state index in [1.54, 1.807) is 25.2 Å². The number of fused-ring (bicyclic) bond motifs is 2. The zero-order valence-corrected chi connectivity index (χ0v) is 19.0. The number of nitrogens with one attached hydrogen (secondary N) is 2. The predicted octanol–water partition coefficient (Wildman–Crippen LogP) is 3.23. The molecule has 0 spiro atoms. The number of hydrogen-bond donors (Lipinski definition) is 2. The van der Waals surface area contributed by atoms with Gasteiger partial charge < -0.3 is 19.7 Å². The van der Waals surface area contributed by atoms with Gasteiger partial charge in [0.15, 0.2) is 0 Å². The van der Waals surface area contributed by atoms with Crippen molar-refractivity contribution < 1.29 is 23.9 Å². The summed E-state index contributed by atoms with van der Waals surface area (Å²) >= 11 is 0. The van der Waals surface area contributed by atoms with Gasteiger partial charge in [0.25, 0.3) is 5.91 Å². The Bertz CT molecular complexity index is 1320. The molecule has 2 aliphatic rings. The Balaban J connectivity index is 1.33. The summed E-state index contributed by atoms with van der Waals surface area (Å²) in [4.78, 5) is 38.1. The lowest BCUT2D eigenvalue weighted by Crippen LogP contribution is -2.52. The number of imide groups is 1. The number of nitrogens with zero attached hydrogens (tertiary/aromatic N) is 1. The molecule has 8 nitrogen and oxygen atoms in total. The normalized spacial score (nSPS) is 17.5. The highest BCUT2D eigenvalue weighted by Crippen LogP contribution is 2.33. The number of carbonyl (C=O) groups excluding carboxylic acids is 3. The van der Waals surface area contributed by atoms with E-state index in [2.05, 4.69) is 10.6 Å². The lowest BCUT2D eigenvalue weighted by molar-refractivity contribution is -0.136. The number of anilines is 1. The molecule has 1 unspecified atom stereocenters. The standard InChI is InChI=1S/C26H25N3O5/c1-33-19-6-8-20-15(12-19)3-4-16(24(20)34-2)13-27-18-5-7-21-17(11-18)14-29(26(21)32)22-9-10-23(30)28-25(22)31/h3-8,11-12,22,27H,9-10,13-14H2,1-2H3,(H,28,30,31). The van der Waals surface area contributed by atoms with Gasteiger partial charge in [0.05, 0.1) is 14.2 Å². The molecule has 2 aliphatic heterocycles. The Labute approximate surface area is 196 Å². The van der Waals surface area contributed by atoms with Crippen LogP contribution in [0.25, 0.3) is 10.8 Å². The summed E-state index contributed by atoms with van der Waals surface area (Å²) in [5.41, 5.74) is 3.32. The summed E-state index contributed by atoms with van der Waals surface area (Å²) < 4.78 is 11.0. The van der Waals surface area contributed by atoms with Crippen LogP contribution < -0.4 is 20.1 Å². The highest BCUT2D eigenvalue weighted by atomic mass is 16.5. The van der Waals surface area contributed by atoms with Gasteiger partial charge in [0, 0.05) is 41.7 Å². The zero-order valence-electron chi connectivity index (χ0n) is 19.0. The number of hydrogen-bond acceptors (Lipinski definition) is 6. The van der Waals surface area contributed by atoms with Crippen molar-refractivity contribution in [2.45, 2.75) is 32.0 Å². The molecule has 3 aromatic carbocycles. The Morgan fingerprint density at radius 1 is 1.03 bits per heavy atom. The summed E-state index contributed by atoms with van der Waals surface area (Å²) in [6.45, 7) is 0.881. The van der Waals surface area contributed by atoms with Gasteiger partial charge in [-0.3, -0.25) is 19.7 Å². The molecule has 0 aliphatic carbocycles. The molecule has 3 amide bonds. The first-order valence-corrected chi connectivity index (χ1v) is 11.1. The van der Waals surface area contributed by atoms with Crippen molar-refractivity contribution in [1.29, 1.82) is 0 Å². The van der Waals surface area contributed by atoms with E-state index in [0.29, 0.717) is 25.1 Å². The van der Waals surface area contributed by atoms with Crippen LogP contribution in [0.4, 0.5) is 5.69 Å². The average molecular weight is 460 g/mol. The third-order valence-corrected chi connectivity index (χ3v) is 6.47. The highest BCUT2D eigenvalue weighted by Gasteiger charge is 2.39. The van der Waals surface area contributed by atoms with Gasteiger partial charge >= 0.3 is 0 Å². The quantitative estimate of drug-likeness (QED) is 0.550. The molecule has 0 radical (unpaired) electrons. The number of benzene rings is 3. The fraction of sp³-hybridized carbons (Fsp3) is 0.269. The maximum absolute atomic E-state index is 12.9. The molecule has 8 heteroatoms. The number of rotatable bonds is 6. The van der Waals surface area contributed by atoms with Gasteiger partial charge in [-0.05, 0) is 53.8 Å². The summed E-state index contributed by atoms with van der Waals surface area (Å²) in [5, 5.41) is 7.78. The molecule has 1 fully saturated rings. The first-order valence-electron chi connectivity index (χ1n) is 11.1. The van der Waals surface area contributed by atoms with E-state index in [4.69, 9.17) is 9.47 Å². The van der Waals surface area contributed by atoms with Crippen molar-refractivity contribution in [2.75, 3.05) is 19.5 Å². The van der Waals surface area contributed by atoms with Crippen LogP contribution in [-0.4, -0.2) is 42.9 Å². The number of ether oxygens (including phenoxy) is 2. The highest BCUT2D eigenvalue weighted by molar-refractivity contribution is 6.05. The summed E-state index contributed by atoms with van der Waals surface area (Å²) in [5.74, 6) is 0.715. The van der Waals surface area contributed by atoms with Gasteiger partial charge in [-0.2, -0.15) is 0 Å². The summed E-state index contributed by atoms with van der Waals surface area (Å²) in [6, 6.07) is 14.9. The van der Waals surface area contributed by atoms with E-state index >= 15 is 0 Å². The van der Waals surface area contributed by atoms with Crippen LogP contribution in [0.1, 0.15) is 34.3 Å². The SMILES string of the molecule is COc1ccc2c(OC)c(CNc3ccc4c(c3)CN(C3CCC(=O)NC3=O)C4=O)ccc2c1. The molecule has 0 bridgehead atoms. The number of amides is 3. The van der Waals surface area contributed by atoms with Crippen molar-refractivity contribution in [1.82, 2.24) is 10.2 Å². The predicted molar refractivity (Wildman–Crippen MR) is 127 cm³/mol. The number of methoxy groups -OCH3 is 2. The summed E-state index contributed by atoms with van der Waals surface area (Å²) in [7, 11) is 3.30. The van der Waals surface area contributed by atoms with Gasteiger partial charge in [-0.25, -0.2) is 0 Å².